The molecule has 26 nitrogen and oxygen atoms in total. The Bertz CT molecular complexity index is 3150. The molecule has 7 rings (SSSR count). The Hall–Kier alpha value is -7.18. The largest absolute Gasteiger partial charge is 0.494 e. The van der Waals surface area contributed by atoms with Gasteiger partial charge in [-0.3, -0.25) is 77.4 Å². The number of carbonyl (C=O) groups excluding carboxylic acids is 7. The molecular weight excluding hydrogens is 1360 g/mol. The van der Waals surface area contributed by atoms with Crippen molar-refractivity contribution in [2.75, 3.05) is 130 Å². The van der Waals surface area contributed by atoms with E-state index in [4.69, 9.17) is 4.74 Å². The Labute approximate surface area is 562 Å². The SMILES string of the molecule is N#C[C@H]1CC(F)(F)CN1C(=O)CNC(=O)c1ccnc2ccc(OCCCCC3CCN(C(=O)CN4C(=O)CC(SC[C@H](CCCCNC(=O)CCCc5ccc(I)cc5)NC(=O)CN5CCN(CC(=O)O)CCN(CC(=O)O)CCN(CC(=O)O)CC5)C4=O)CC3)cc12. The highest BCUT2D eigenvalue weighted by Crippen LogP contribution is 2.32. The third-order valence-electron chi connectivity index (χ3n) is 17.2. The minimum atomic E-state index is -3.19. The first-order chi connectivity index (χ1) is 45.0. The lowest BCUT2D eigenvalue weighted by Crippen LogP contribution is -2.50. The summed E-state index contributed by atoms with van der Waals surface area (Å²) in [4.78, 5) is 144. The van der Waals surface area contributed by atoms with Crippen LogP contribution in [0.1, 0.15) is 93.0 Å². The van der Waals surface area contributed by atoms with Crippen LogP contribution in [-0.4, -0.2) is 267 Å². The van der Waals surface area contributed by atoms with Crippen LogP contribution in [0.5, 0.6) is 5.75 Å². The number of hydrogen-bond donors (Lipinski definition) is 6. The summed E-state index contributed by atoms with van der Waals surface area (Å²) in [5, 5.41) is 46.5. The first-order valence-electron chi connectivity index (χ1n) is 32.0. The number of aryl methyl sites for hydroxylation is 1. The smallest absolute Gasteiger partial charge is 0.317 e. The number of aliphatic carboxylic acids is 3. The van der Waals surface area contributed by atoms with Gasteiger partial charge < -0.3 is 45.8 Å². The Balaban J connectivity index is 0.866. The fraction of sp³-hybridized carbons (Fsp3) is 0.594. The molecule has 1 aromatic heterocycles. The van der Waals surface area contributed by atoms with Gasteiger partial charge in [-0.05, 0) is 128 Å². The van der Waals surface area contributed by atoms with Gasteiger partial charge >= 0.3 is 17.9 Å². The van der Waals surface area contributed by atoms with Crippen LogP contribution < -0.4 is 20.7 Å². The van der Waals surface area contributed by atoms with Crippen LogP contribution in [0.25, 0.3) is 10.9 Å². The van der Waals surface area contributed by atoms with E-state index in [2.05, 4.69) is 43.5 Å². The zero-order chi connectivity index (χ0) is 67.7. The average Bonchev–Trinajstić information content (AvgIpc) is 1.34. The van der Waals surface area contributed by atoms with Crippen molar-refractivity contribution in [3.8, 4) is 11.8 Å². The van der Waals surface area contributed by atoms with E-state index in [0.717, 1.165) is 51.0 Å². The van der Waals surface area contributed by atoms with Gasteiger partial charge in [0, 0.05) is 118 Å². The number of carbonyl (C=O) groups is 10. The second kappa shape index (κ2) is 37.2. The van der Waals surface area contributed by atoms with Crippen molar-refractivity contribution >= 4 is 105 Å². The van der Waals surface area contributed by atoms with Crippen molar-refractivity contribution in [2.24, 2.45) is 5.92 Å². The second-order valence-corrected chi connectivity index (χ2v) is 26.8. The Morgan fingerprint density at radius 1 is 0.745 bits per heavy atom. The first kappa shape index (κ1) is 74.2. The monoisotopic (exact) mass is 1440 g/mol. The van der Waals surface area contributed by atoms with Gasteiger partial charge in [0.1, 0.15) is 18.3 Å². The number of carboxylic acids is 3. The normalized spacial score (nSPS) is 19.2. The van der Waals surface area contributed by atoms with Crippen molar-refractivity contribution in [3.05, 3.63) is 69.4 Å². The number of carboxylic acid groups (broad SMARTS) is 3. The number of rotatable bonds is 32. The first-order valence-corrected chi connectivity index (χ1v) is 34.1. The maximum Gasteiger partial charge on any atom is 0.317 e. The highest BCUT2D eigenvalue weighted by Gasteiger charge is 2.47. The molecule has 6 N–H and O–H groups in total. The fourth-order valence-electron chi connectivity index (χ4n) is 12.0. The quantitative estimate of drug-likeness (QED) is 0.0297. The lowest BCUT2D eigenvalue weighted by atomic mass is 9.91. The van der Waals surface area contributed by atoms with E-state index >= 15 is 0 Å². The molecule has 5 heterocycles. The molecule has 94 heavy (non-hydrogen) atoms. The van der Waals surface area contributed by atoms with E-state index in [-0.39, 0.29) is 121 Å². The molecule has 0 radical (unpaired) electrons. The number of halogens is 3. The third-order valence-corrected chi connectivity index (χ3v) is 19.2. The number of aromatic nitrogens is 1. The van der Waals surface area contributed by atoms with Crippen LogP contribution in [0.4, 0.5) is 8.78 Å². The summed E-state index contributed by atoms with van der Waals surface area (Å²) in [6, 6.07) is 14.7. The zero-order valence-electron chi connectivity index (χ0n) is 52.7. The van der Waals surface area contributed by atoms with Gasteiger partial charge in [0.05, 0.1) is 68.3 Å². The van der Waals surface area contributed by atoms with E-state index in [1.54, 1.807) is 43.9 Å². The Kier molecular flexibility index (Phi) is 29.4. The maximum absolute atomic E-state index is 14.1. The topological polar surface area (TPSA) is 336 Å². The van der Waals surface area contributed by atoms with Gasteiger partial charge in [-0.2, -0.15) is 5.26 Å². The van der Waals surface area contributed by atoms with Crippen LogP contribution >= 0.6 is 34.4 Å². The lowest BCUT2D eigenvalue weighted by Gasteiger charge is -2.33. The lowest BCUT2D eigenvalue weighted by molar-refractivity contribution is -0.146. The number of thioether (sulfide) groups is 1. The van der Waals surface area contributed by atoms with E-state index in [1.807, 2.05) is 29.2 Å². The number of pyridine rings is 1. The zero-order valence-corrected chi connectivity index (χ0v) is 55.7. The number of nitriles is 1. The van der Waals surface area contributed by atoms with E-state index in [9.17, 15) is 77.3 Å². The summed E-state index contributed by atoms with van der Waals surface area (Å²) >= 11 is 3.47. The van der Waals surface area contributed by atoms with Crippen molar-refractivity contribution in [1.82, 2.24) is 55.2 Å². The molecule has 2 aromatic carbocycles. The summed E-state index contributed by atoms with van der Waals surface area (Å²) in [6.45, 7) is 0.532. The van der Waals surface area contributed by atoms with Crippen molar-refractivity contribution < 1.29 is 76.8 Å². The van der Waals surface area contributed by atoms with Gasteiger partial charge in [0.2, 0.25) is 35.4 Å². The van der Waals surface area contributed by atoms with E-state index in [1.165, 1.54) is 24.0 Å². The minimum absolute atomic E-state index is 0.0677. The number of benzene rings is 2. The van der Waals surface area contributed by atoms with Crippen LogP contribution in [0, 0.1) is 20.8 Å². The van der Waals surface area contributed by atoms with Crippen LogP contribution in [0.3, 0.4) is 0 Å². The molecule has 0 saturated carbocycles. The molecule has 0 aliphatic carbocycles. The molecule has 3 aromatic rings. The third kappa shape index (κ3) is 24.5. The summed E-state index contributed by atoms with van der Waals surface area (Å²) < 4.78 is 35.0. The summed E-state index contributed by atoms with van der Waals surface area (Å²) in [7, 11) is 0. The van der Waals surface area contributed by atoms with Gasteiger partial charge in [0.15, 0.2) is 0 Å². The molecule has 0 spiro atoms. The number of fused-ring (bicyclic) bond motifs is 1. The van der Waals surface area contributed by atoms with Gasteiger partial charge in [-0.25, -0.2) is 8.78 Å². The van der Waals surface area contributed by atoms with Crippen LogP contribution in [0.2, 0.25) is 0 Å². The number of nitrogens with one attached hydrogen (secondary N) is 3. The Morgan fingerprint density at radius 3 is 1.99 bits per heavy atom. The predicted octanol–water partition coefficient (Wildman–Crippen LogP) is 3.25. The number of hydrogen-bond acceptors (Lipinski definition) is 18. The standard InChI is InChI=1S/C64H85F2IN12O14S/c65-64(66)34-48(35-68)79(43-64)57(83)36-71-62(91)50-16-20-69-52-15-14-49(32-51(50)52)93-31-4-2-6-45-17-21-77(22-18-45)58(84)38-78-56(82)33-53(63(78)92)94-42-47(8-1-3-19-70-54(80)9-5-7-44-10-12-46(67)13-11-44)72-55(81)37-73-23-25-74(39-59(85)86)27-29-76(41-61(89)90)30-28-75(26-24-73)40-60(87)88/h10-16,20,32,45,47-48,53H,1-9,17-19,21-31,33-34,36-43H2,(H,70,80)(H,71,91)(H,72,81)(H,85,86)(H,87,88)(H,89,90)/t47-,48+,53?/m0/s1. The van der Waals surface area contributed by atoms with Gasteiger partial charge in [-0.15, -0.1) is 11.8 Å². The molecule has 3 atom stereocenters. The van der Waals surface area contributed by atoms with E-state index < -0.39 is 84.3 Å². The maximum atomic E-state index is 14.1. The second-order valence-electron chi connectivity index (χ2n) is 24.3. The van der Waals surface area contributed by atoms with Crippen molar-refractivity contribution in [2.45, 2.75) is 107 Å². The van der Waals surface area contributed by atoms with Gasteiger partial charge in [0.25, 0.3) is 11.8 Å². The number of alkyl halides is 2. The van der Waals surface area contributed by atoms with Crippen molar-refractivity contribution in [1.29, 1.82) is 5.26 Å². The highest BCUT2D eigenvalue weighted by molar-refractivity contribution is 14.1. The van der Waals surface area contributed by atoms with Crippen LogP contribution in [-0.2, 0) is 49.6 Å². The molecular formula is C64H85F2IN12O14S. The molecule has 30 heteroatoms. The molecule has 512 valence electrons. The summed E-state index contributed by atoms with van der Waals surface area (Å²) in [6.07, 6.45) is 7.91. The van der Waals surface area contributed by atoms with Crippen LogP contribution in [0.15, 0.2) is 54.7 Å². The molecule has 7 amide bonds. The number of nitrogens with zero attached hydrogens (tertiary/aromatic N) is 9. The molecule has 4 saturated heterocycles. The van der Waals surface area contributed by atoms with E-state index in [0.29, 0.717) is 87.3 Å². The average molecular weight is 1440 g/mol. The molecule has 1 unspecified atom stereocenters. The molecule has 4 fully saturated rings. The minimum Gasteiger partial charge on any atom is -0.494 e. The van der Waals surface area contributed by atoms with Gasteiger partial charge in [-0.1, -0.05) is 18.6 Å². The number of imide groups is 1. The molecule has 0 bridgehead atoms. The Morgan fingerprint density at radius 2 is 1.37 bits per heavy atom. The number of likely N-dealkylation sites (tertiary alicyclic amines) is 3. The number of unbranched alkanes of at least 4 members (excludes halogenated alkanes) is 2. The fourth-order valence-corrected chi connectivity index (χ4v) is 13.6. The number of ether oxygens (including phenoxy) is 1. The number of piperidine rings is 1. The summed E-state index contributed by atoms with van der Waals surface area (Å²) in [5.41, 5.74) is 1.85. The van der Waals surface area contributed by atoms with Crippen molar-refractivity contribution in [3.63, 3.8) is 0 Å². The highest BCUT2D eigenvalue weighted by atomic mass is 127. The molecule has 4 aliphatic rings. The number of amides is 7. The predicted molar refractivity (Wildman–Crippen MR) is 351 cm³/mol. The summed E-state index contributed by atoms with van der Waals surface area (Å²) in [5.74, 6) is -8.49. The molecule has 4 aliphatic heterocycles.